The molecule has 0 aliphatic rings. The number of nitrogens with two attached hydrogens (primary N) is 1. The summed E-state index contributed by atoms with van der Waals surface area (Å²) in [6, 6.07) is 0. The molecule has 0 aliphatic carbocycles. The third-order valence-electron chi connectivity index (χ3n) is 2.40. The molecule has 0 aromatic carbocycles. The Morgan fingerprint density at radius 2 is 1.82 bits per heavy atom. The zero-order valence-corrected chi connectivity index (χ0v) is 11.1. The van der Waals surface area contributed by atoms with Crippen molar-refractivity contribution in [2.24, 2.45) is 5.73 Å². The van der Waals surface area contributed by atoms with Gasteiger partial charge in [0.1, 0.15) is 6.61 Å². The second kappa shape index (κ2) is 10.4. The van der Waals surface area contributed by atoms with Crippen LogP contribution in [0.2, 0.25) is 0 Å². The van der Waals surface area contributed by atoms with Crippen molar-refractivity contribution < 1.29 is 19.0 Å². The molecule has 0 spiro atoms. The van der Waals surface area contributed by atoms with Crippen LogP contribution in [-0.4, -0.2) is 38.1 Å². The molecule has 2 atom stereocenters. The van der Waals surface area contributed by atoms with Crippen LogP contribution in [-0.2, 0) is 14.2 Å². The Morgan fingerprint density at radius 3 is 2.35 bits per heavy atom. The van der Waals surface area contributed by atoms with E-state index in [1.54, 1.807) is 0 Å². The third-order valence-corrected chi connectivity index (χ3v) is 2.40. The summed E-state index contributed by atoms with van der Waals surface area (Å²) in [5.74, 6) is 0. The van der Waals surface area contributed by atoms with Crippen molar-refractivity contribution in [3.05, 3.63) is 0 Å². The van der Waals surface area contributed by atoms with Gasteiger partial charge in [0.25, 0.3) is 0 Å². The predicted octanol–water partition coefficient (Wildman–Crippen LogP) is 2.08. The topological polar surface area (TPSA) is 70.8 Å². The lowest BCUT2D eigenvalue weighted by atomic mass is 10.1. The first-order valence-corrected chi connectivity index (χ1v) is 6.25. The Labute approximate surface area is 104 Å². The molecule has 0 fully saturated rings. The minimum atomic E-state index is -0.752. The number of hydrogen-bond acceptors (Lipinski definition) is 4. The zero-order chi connectivity index (χ0) is 13.1. The van der Waals surface area contributed by atoms with E-state index in [2.05, 4.69) is 6.92 Å². The fourth-order valence-electron chi connectivity index (χ4n) is 1.63. The molecule has 0 saturated heterocycles. The normalized spacial score (nSPS) is 14.3. The second-order valence-corrected chi connectivity index (χ2v) is 3.90. The molecule has 0 bridgehead atoms. The van der Waals surface area contributed by atoms with Crippen LogP contribution >= 0.6 is 0 Å². The molecule has 0 heterocycles. The van der Waals surface area contributed by atoms with Gasteiger partial charge in [-0.25, -0.2) is 4.79 Å². The van der Waals surface area contributed by atoms with E-state index >= 15 is 0 Å². The van der Waals surface area contributed by atoms with Crippen molar-refractivity contribution in [3.63, 3.8) is 0 Å². The number of primary amides is 1. The summed E-state index contributed by atoms with van der Waals surface area (Å²) < 4.78 is 15.6. The molecule has 2 N–H and O–H groups in total. The van der Waals surface area contributed by atoms with Crippen molar-refractivity contribution >= 4 is 6.09 Å². The van der Waals surface area contributed by atoms with Gasteiger partial charge in [-0.1, -0.05) is 0 Å². The summed E-state index contributed by atoms with van der Waals surface area (Å²) >= 11 is 0. The minimum Gasteiger partial charge on any atom is -0.447 e. The summed E-state index contributed by atoms with van der Waals surface area (Å²) in [5, 5.41) is 0. The van der Waals surface area contributed by atoms with E-state index in [0.29, 0.717) is 6.61 Å². The molecule has 0 aliphatic heterocycles. The molecule has 5 heteroatoms. The van der Waals surface area contributed by atoms with Gasteiger partial charge in [-0.05, 0) is 40.0 Å². The molecule has 0 aromatic rings. The monoisotopic (exact) mass is 247 g/mol. The fourth-order valence-corrected chi connectivity index (χ4v) is 1.63. The van der Waals surface area contributed by atoms with Crippen LogP contribution in [0.4, 0.5) is 4.79 Å². The largest absolute Gasteiger partial charge is 0.447 e. The highest BCUT2D eigenvalue weighted by Gasteiger charge is 2.11. The first-order valence-electron chi connectivity index (χ1n) is 6.25. The Balaban J connectivity index is 3.71. The number of rotatable bonds is 10. The molecule has 0 radical (unpaired) electrons. The summed E-state index contributed by atoms with van der Waals surface area (Å²) in [7, 11) is 0. The highest BCUT2D eigenvalue weighted by Crippen LogP contribution is 2.09. The summed E-state index contributed by atoms with van der Waals surface area (Å²) in [5.41, 5.74) is 4.92. The Bertz CT molecular complexity index is 199. The number of hydrogen-bond donors (Lipinski definition) is 1. The van der Waals surface area contributed by atoms with E-state index in [0.717, 1.165) is 25.9 Å². The van der Waals surface area contributed by atoms with Crippen molar-refractivity contribution in [3.8, 4) is 0 Å². The quantitative estimate of drug-likeness (QED) is 0.641. The number of carbonyl (C=O) groups excluding carboxylic acids is 1. The average Bonchev–Trinajstić information content (AvgIpc) is 2.26. The van der Waals surface area contributed by atoms with Crippen molar-refractivity contribution in [1.82, 2.24) is 0 Å². The molecule has 5 nitrogen and oxygen atoms in total. The average molecular weight is 247 g/mol. The molecule has 102 valence electrons. The van der Waals surface area contributed by atoms with Crippen molar-refractivity contribution in [2.75, 3.05) is 19.8 Å². The van der Waals surface area contributed by atoms with Gasteiger partial charge >= 0.3 is 6.09 Å². The standard InChI is InChI=1S/C12H25NO4/c1-4-15-10(3)7-6-8-11(16-5-2)9-17-12(13)14/h10-11H,4-9H2,1-3H3,(H2,13,14). The minimum absolute atomic E-state index is 0.0682. The van der Waals surface area contributed by atoms with Gasteiger partial charge in [0.05, 0.1) is 12.2 Å². The number of ether oxygens (including phenoxy) is 3. The zero-order valence-electron chi connectivity index (χ0n) is 11.1. The van der Waals surface area contributed by atoms with Gasteiger partial charge in [0.15, 0.2) is 0 Å². The maximum Gasteiger partial charge on any atom is 0.404 e. The molecule has 0 rings (SSSR count). The summed E-state index contributed by atoms with van der Waals surface area (Å²) in [4.78, 5) is 10.5. The van der Waals surface area contributed by atoms with Gasteiger partial charge in [0, 0.05) is 13.2 Å². The third kappa shape index (κ3) is 10.1. The van der Waals surface area contributed by atoms with Crippen LogP contribution in [0.1, 0.15) is 40.0 Å². The predicted molar refractivity (Wildman–Crippen MR) is 65.9 cm³/mol. The Morgan fingerprint density at radius 1 is 1.18 bits per heavy atom. The highest BCUT2D eigenvalue weighted by atomic mass is 16.6. The summed E-state index contributed by atoms with van der Waals surface area (Å²) in [6.07, 6.45) is 2.25. The van der Waals surface area contributed by atoms with Crippen LogP contribution in [0.5, 0.6) is 0 Å². The summed E-state index contributed by atoms with van der Waals surface area (Å²) in [6.45, 7) is 7.53. The van der Waals surface area contributed by atoms with Crippen LogP contribution in [0, 0.1) is 0 Å². The maximum atomic E-state index is 10.5. The second-order valence-electron chi connectivity index (χ2n) is 3.90. The highest BCUT2D eigenvalue weighted by molar-refractivity contribution is 5.64. The van der Waals surface area contributed by atoms with E-state index in [-0.39, 0.29) is 18.8 Å². The van der Waals surface area contributed by atoms with Gasteiger partial charge in [-0.2, -0.15) is 0 Å². The number of carbonyl (C=O) groups is 1. The SMILES string of the molecule is CCOC(C)CCCC(COC(N)=O)OCC. The van der Waals surface area contributed by atoms with E-state index in [1.165, 1.54) is 0 Å². The number of amides is 1. The Kier molecular flexibility index (Phi) is 9.86. The molecular formula is C12H25NO4. The van der Waals surface area contributed by atoms with E-state index < -0.39 is 6.09 Å². The Hall–Kier alpha value is -0.810. The molecule has 2 unspecified atom stereocenters. The molecular weight excluding hydrogens is 222 g/mol. The molecule has 17 heavy (non-hydrogen) atoms. The van der Waals surface area contributed by atoms with Crippen LogP contribution in [0.25, 0.3) is 0 Å². The van der Waals surface area contributed by atoms with Crippen LogP contribution in [0.15, 0.2) is 0 Å². The van der Waals surface area contributed by atoms with Gasteiger partial charge < -0.3 is 19.9 Å². The lowest BCUT2D eigenvalue weighted by molar-refractivity contribution is 0.00340. The molecule has 0 aromatic heterocycles. The van der Waals surface area contributed by atoms with Crippen molar-refractivity contribution in [1.29, 1.82) is 0 Å². The van der Waals surface area contributed by atoms with E-state index in [4.69, 9.17) is 19.9 Å². The first kappa shape index (κ1) is 16.2. The molecule has 1 amide bonds. The smallest absolute Gasteiger partial charge is 0.404 e. The lowest BCUT2D eigenvalue weighted by Gasteiger charge is -2.17. The van der Waals surface area contributed by atoms with Crippen LogP contribution in [0.3, 0.4) is 0 Å². The van der Waals surface area contributed by atoms with Gasteiger partial charge in [0.2, 0.25) is 0 Å². The van der Waals surface area contributed by atoms with Gasteiger partial charge in [-0.15, -0.1) is 0 Å². The fraction of sp³-hybridized carbons (Fsp3) is 0.917. The van der Waals surface area contributed by atoms with Crippen molar-refractivity contribution in [2.45, 2.75) is 52.2 Å². The lowest BCUT2D eigenvalue weighted by Crippen LogP contribution is -2.25. The van der Waals surface area contributed by atoms with Gasteiger partial charge in [-0.3, -0.25) is 0 Å². The van der Waals surface area contributed by atoms with Crippen LogP contribution < -0.4 is 5.73 Å². The molecule has 0 saturated carbocycles. The maximum absolute atomic E-state index is 10.5. The van der Waals surface area contributed by atoms with E-state index in [1.807, 2.05) is 13.8 Å². The van der Waals surface area contributed by atoms with E-state index in [9.17, 15) is 4.79 Å². The first-order chi connectivity index (χ1) is 8.10.